The summed E-state index contributed by atoms with van der Waals surface area (Å²) in [5.74, 6) is -0.619. The number of amides is 1. The fourth-order valence-electron chi connectivity index (χ4n) is 2.49. The lowest BCUT2D eigenvalue weighted by atomic mass is 10.2. The molecule has 3 rings (SSSR count). The molecule has 0 radical (unpaired) electrons. The van der Waals surface area contributed by atoms with Crippen molar-refractivity contribution in [3.8, 4) is 5.75 Å². The number of rotatable bonds is 5. The number of carbonyl (C=O) groups is 1. The number of carbonyl (C=O) groups excluding carboxylic acids is 1. The van der Waals surface area contributed by atoms with Gasteiger partial charge in [0.1, 0.15) is 5.75 Å². The minimum Gasteiger partial charge on any atom is -0.506 e. The normalized spacial score (nSPS) is 11.1. The minimum atomic E-state index is -3.94. The van der Waals surface area contributed by atoms with Crippen molar-refractivity contribution in [2.24, 2.45) is 0 Å². The summed E-state index contributed by atoms with van der Waals surface area (Å²) in [5.41, 5.74) is 1.44. The van der Waals surface area contributed by atoms with Crippen LogP contribution in [0.5, 0.6) is 5.75 Å². The number of sulfonamides is 1. The molecule has 1 amide bonds. The number of aromatic hydroxyl groups is 1. The maximum atomic E-state index is 12.6. The van der Waals surface area contributed by atoms with E-state index >= 15 is 0 Å². The molecule has 144 valence electrons. The van der Waals surface area contributed by atoms with Crippen molar-refractivity contribution in [1.29, 1.82) is 0 Å². The molecule has 0 aromatic heterocycles. The van der Waals surface area contributed by atoms with Crippen molar-refractivity contribution in [2.45, 2.75) is 11.8 Å². The lowest BCUT2D eigenvalue weighted by molar-refractivity contribution is 0.102. The largest absolute Gasteiger partial charge is 0.506 e. The lowest BCUT2D eigenvalue weighted by Crippen LogP contribution is -2.16. The maximum absolute atomic E-state index is 12.6. The monoisotopic (exact) mass is 416 g/mol. The van der Waals surface area contributed by atoms with Crippen LogP contribution in [0.3, 0.4) is 0 Å². The summed E-state index contributed by atoms with van der Waals surface area (Å²) >= 11 is 6.00. The van der Waals surface area contributed by atoms with Gasteiger partial charge in [-0.3, -0.25) is 9.52 Å². The van der Waals surface area contributed by atoms with Gasteiger partial charge in [-0.05, 0) is 55.0 Å². The average molecular weight is 417 g/mol. The molecular formula is C20H17ClN2O4S. The van der Waals surface area contributed by atoms with Gasteiger partial charge >= 0.3 is 0 Å². The Balaban J connectivity index is 1.85. The maximum Gasteiger partial charge on any atom is 0.261 e. The molecule has 8 heteroatoms. The number of hydrogen-bond donors (Lipinski definition) is 3. The highest BCUT2D eigenvalue weighted by Gasteiger charge is 2.18. The first kappa shape index (κ1) is 19.7. The van der Waals surface area contributed by atoms with Gasteiger partial charge in [0, 0.05) is 5.56 Å². The summed E-state index contributed by atoms with van der Waals surface area (Å²) in [6.45, 7) is 1.81. The van der Waals surface area contributed by atoms with Crippen molar-refractivity contribution >= 4 is 38.9 Å². The number of phenolic OH excluding ortho intramolecular Hbond substituents is 1. The summed E-state index contributed by atoms with van der Waals surface area (Å²) < 4.78 is 27.7. The van der Waals surface area contributed by atoms with Crippen molar-refractivity contribution in [3.05, 3.63) is 82.9 Å². The van der Waals surface area contributed by atoms with Gasteiger partial charge in [-0.15, -0.1) is 0 Å². The van der Waals surface area contributed by atoms with E-state index in [2.05, 4.69) is 10.0 Å². The van der Waals surface area contributed by atoms with E-state index in [1.165, 1.54) is 36.4 Å². The van der Waals surface area contributed by atoms with E-state index < -0.39 is 15.9 Å². The van der Waals surface area contributed by atoms with Crippen LogP contribution in [-0.4, -0.2) is 19.4 Å². The second-order valence-corrected chi connectivity index (χ2v) is 8.18. The summed E-state index contributed by atoms with van der Waals surface area (Å²) in [5, 5.41) is 12.8. The van der Waals surface area contributed by atoms with Crippen LogP contribution < -0.4 is 10.0 Å². The predicted molar refractivity (Wildman–Crippen MR) is 109 cm³/mol. The molecule has 0 aliphatic carbocycles. The van der Waals surface area contributed by atoms with Crippen LogP contribution in [0.1, 0.15) is 15.9 Å². The molecule has 28 heavy (non-hydrogen) atoms. The van der Waals surface area contributed by atoms with Crippen molar-refractivity contribution in [2.75, 3.05) is 10.0 Å². The molecule has 3 aromatic rings. The van der Waals surface area contributed by atoms with Gasteiger partial charge in [-0.2, -0.15) is 0 Å². The summed E-state index contributed by atoms with van der Waals surface area (Å²) in [6, 6.07) is 16.8. The smallest absolute Gasteiger partial charge is 0.261 e. The highest BCUT2D eigenvalue weighted by atomic mass is 35.5. The first-order valence-corrected chi connectivity index (χ1v) is 10.1. The van der Waals surface area contributed by atoms with E-state index in [1.54, 1.807) is 30.3 Å². The number of hydrogen-bond acceptors (Lipinski definition) is 4. The third kappa shape index (κ3) is 4.44. The van der Waals surface area contributed by atoms with Gasteiger partial charge in [0.25, 0.3) is 15.9 Å². The molecule has 0 bridgehead atoms. The van der Waals surface area contributed by atoms with E-state index in [1.807, 2.05) is 6.92 Å². The second kappa shape index (κ2) is 7.92. The SMILES string of the molecule is Cc1ccc(NC(=O)c2cccc(S(=O)(=O)Nc3ccccc3Cl)c2)c(O)c1. The number of benzene rings is 3. The molecule has 0 spiro atoms. The molecule has 0 heterocycles. The van der Waals surface area contributed by atoms with E-state index in [4.69, 9.17) is 11.6 Å². The predicted octanol–water partition coefficient (Wildman–Crippen LogP) is 4.41. The zero-order valence-electron chi connectivity index (χ0n) is 14.8. The van der Waals surface area contributed by atoms with Crippen LogP contribution in [0.15, 0.2) is 71.6 Å². The van der Waals surface area contributed by atoms with Gasteiger partial charge in [0.2, 0.25) is 0 Å². The highest BCUT2D eigenvalue weighted by Crippen LogP contribution is 2.26. The number of anilines is 2. The molecule has 0 unspecified atom stereocenters. The van der Waals surface area contributed by atoms with Crippen molar-refractivity contribution < 1.29 is 18.3 Å². The van der Waals surface area contributed by atoms with Crippen LogP contribution >= 0.6 is 11.6 Å². The molecular weight excluding hydrogens is 400 g/mol. The Hall–Kier alpha value is -3.03. The van der Waals surface area contributed by atoms with Gasteiger partial charge in [0.05, 0.1) is 21.3 Å². The molecule has 0 fully saturated rings. The van der Waals surface area contributed by atoms with E-state index in [0.717, 1.165) is 5.56 Å². The van der Waals surface area contributed by atoms with E-state index in [-0.39, 0.29) is 32.6 Å². The third-order valence-electron chi connectivity index (χ3n) is 3.93. The quantitative estimate of drug-likeness (QED) is 0.537. The Labute approximate surface area is 167 Å². The standard InChI is InChI=1S/C20H17ClN2O4S/c1-13-9-10-18(19(24)11-13)22-20(25)14-5-4-6-15(12-14)28(26,27)23-17-8-3-2-7-16(17)21/h2-12,23-24H,1H3,(H,22,25). The number of halogens is 1. The fourth-order valence-corrected chi connectivity index (χ4v) is 3.86. The zero-order chi connectivity index (χ0) is 20.3. The Kier molecular flexibility index (Phi) is 5.58. The van der Waals surface area contributed by atoms with Crippen molar-refractivity contribution in [1.82, 2.24) is 0 Å². The summed E-state index contributed by atoms with van der Waals surface area (Å²) in [7, 11) is -3.94. The Morgan fingerprint density at radius 3 is 2.43 bits per heavy atom. The average Bonchev–Trinajstić information content (AvgIpc) is 2.66. The van der Waals surface area contributed by atoms with Crippen LogP contribution in [0, 0.1) is 6.92 Å². The highest BCUT2D eigenvalue weighted by molar-refractivity contribution is 7.92. The zero-order valence-corrected chi connectivity index (χ0v) is 16.4. The first-order valence-electron chi connectivity index (χ1n) is 8.25. The lowest BCUT2D eigenvalue weighted by Gasteiger charge is -2.11. The number of aryl methyl sites for hydroxylation is 1. The van der Waals surface area contributed by atoms with Crippen LogP contribution in [0.2, 0.25) is 5.02 Å². The van der Waals surface area contributed by atoms with E-state index in [0.29, 0.717) is 0 Å². The topological polar surface area (TPSA) is 95.5 Å². The first-order chi connectivity index (χ1) is 13.3. The molecule has 3 aromatic carbocycles. The number of nitrogens with one attached hydrogen (secondary N) is 2. The summed E-state index contributed by atoms with van der Waals surface area (Å²) in [6.07, 6.45) is 0. The Bertz CT molecular complexity index is 1150. The van der Waals surface area contributed by atoms with Crippen molar-refractivity contribution in [3.63, 3.8) is 0 Å². The van der Waals surface area contributed by atoms with Crippen LogP contribution in [0.25, 0.3) is 0 Å². The second-order valence-electron chi connectivity index (χ2n) is 6.09. The van der Waals surface area contributed by atoms with Gasteiger partial charge in [-0.1, -0.05) is 35.9 Å². The molecule has 0 saturated carbocycles. The molecule has 0 atom stereocenters. The molecule has 0 saturated heterocycles. The number of phenols is 1. The third-order valence-corrected chi connectivity index (χ3v) is 5.62. The fraction of sp³-hybridized carbons (Fsp3) is 0.0500. The van der Waals surface area contributed by atoms with Crippen LogP contribution in [0.4, 0.5) is 11.4 Å². The minimum absolute atomic E-state index is 0.0717. The van der Waals surface area contributed by atoms with E-state index in [9.17, 15) is 18.3 Å². The summed E-state index contributed by atoms with van der Waals surface area (Å²) in [4.78, 5) is 12.4. The number of para-hydroxylation sites is 1. The van der Waals surface area contributed by atoms with Gasteiger partial charge in [-0.25, -0.2) is 8.42 Å². The Morgan fingerprint density at radius 2 is 1.71 bits per heavy atom. The molecule has 3 N–H and O–H groups in total. The van der Waals surface area contributed by atoms with Crippen LogP contribution in [-0.2, 0) is 10.0 Å². The molecule has 6 nitrogen and oxygen atoms in total. The molecule has 0 aliphatic rings. The van der Waals surface area contributed by atoms with Gasteiger partial charge < -0.3 is 10.4 Å². The van der Waals surface area contributed by atoms with Gasteiger partial charge in [0.15, 0.2) is 0 Å². The Morgan fingerprint density at radius 1 is 0.964 bits per heavy atom. The molecule has 0 aliphatic heterocycles.